The lowest BCUT2D eigenvalue weighted by Crippen LogP contribution is -2.16. The van der Waals surface area contributed by atoms with E-state index in [1.54, 1.807) is 24.3 Å². The van der Waals surface area contributed by atoms with E-state index in [0.717, 1.165) is 12.0 Å². The van der Waals surface area contributed by atoms with Crippen LogP contribution < -0.4 is 5.32 Å². The molecule has 118 valence electrons. The van der Waals surface area contributed by atoms with E-state index in [0.29, 0.717) is 16.2 Å². The molecule has 0 bridgehead atoms. The van der Waals surface area contributed by atoms with Crippen LogP contribution in [0.15, 0.2) is 48.5 Å². The zero-order valence-electron chi connectivity index (χ0n) is 12.7. The Morgan fingerprint density at radius 1 is 1.13 bits per heavy atom. The molecule has 5 heteroatoms. The number of hydrogen-bond donors (Lipinski definition) is 2. The lowest BCUT2D eigenvalue weighted by Gasteiger charge is -2.10. The summed E-state index contributed by atoms with van der Waals surface area (Å²) >= 11 is 5.19. The van der Waals surface area contributed by atoms with Crippen LogP contribution in [-0.4, -0.2) is 21.8 Å². The molecule has 0 fully saturated rings. The first-order chi connectivity index (χ1) is 11.0. The third-order valence-corrected chi connectivity index (χ3v) is 3.66. The molecule has 0 amide bonds. The van der Waals surface area contributed by atoms with Crippen LogP contribution >= 0.6 is 12.2 Å². The maximum atomic E-state index is 12.3. The molecular weight excluding hydrogens is 310 g/mol. The highest BCUT2D eigenvalue weighted by atomic mass is 32.1. The van der Waals surface area contributed by atoms with E-state index in [-0.39, 0.29) is 17.8 Å². The normalized spacial score (nSPS) is 10.1. The minimum Gasteiger partial charge on any atom is -0.478 e. The van der Waals surface area contributed by atoms with Gasteiger partial charge in [0.15, 0.2) is 5.78 Å². The summed E-state index contributed by atoms with van der Waals surface area (Å²) in [6.45, 7) is 2.03. The number of aryl methyl sites for hydroxylation is 1. The lowest BCUT2D eigenvalue weighted by molar-refractivity contribution is 0.0698. The fraction of sp³-hybridized carbons (Fsp3) is 0.167. The third kappa shape index (κ3) is 4.47. The van der Waals surface area contributed by atoms with Crippen molar-refractivity contribution in [3.05, 3.63) is 65.2 Å². The number of carboxylic acid groups (broad SMARTS) is 1. The van der Waals surface area contributed by atoms with Crippen LogP contribution in [0.5, 0.6) is 0 Å². The van der Waals surface area contributed by atoms with Crippen molar-refractivity contribution in [3.8, 4) is 0 Å². The van der Waals surface area contributed by atoms with Gasteiger partial charge in [0, 0.05) is 5.56 Å². The van der Waals surface area contributed by atoms with Crippen molar-refractivity contribution < 1.29 is 14.7 Å². The number of para-hydroxylation sites is 1. The van der Waals surface area contributed by atoms with Crippen molar-refractivity contribution in [3.63, 3.8) is 0 Å². The molecule has 2 aromatic rings. The lowest BCUT2D eigenvalue weighted by atomic mass is 10.0. The van der Waals surface area contributed by atoms with Gasteiger partial charge in [-0.15, -0.1) is 0 Å². The van der Waals surface area contributed by atoms with Gasteiger partial charge in [-0.2, -0.15) is 0 Å². The van der Waals surface area contributed by atoms with Crippen LogP contribution in [0.4, 0.5) is 5.69 Å². The van der Waals surface area contributed by atoms with Crippen LogP contribution in [0.3, 0.4) is 0 Å². The molecule has 0 unspecified atom stereocenters. The molecular formula is C18H17NO3S. The molecule has 0 aliphatic carbocycles. The molecule has 4 nitrogen and oxygen atoms in total. The van der Waals surface area contributed by atoms with Gasteiger partial charge < -0.3 is 10.4 Å². The molecule has 0 aromatic heterocycles. The Morgan fingerprint density at radius 2 is 1.87 bits per heavy atom. The molecule has 0 atom stereocenters. The van der Waals surface area contributed by atoms with Crippen molar-refractivity contribution in [1.29, 1.82) is 0 Å². The van der Waals surface area contributed by atoms with Crippen LogP contribution in [0.25, 0.3) is 0 Å². The van der Waals surface area contributed by atoms with E-state index in [1.165, 1.54) is 6.07 Å². The molecule has 2 rings (SSSR count). The van der Waals surface area contributed by atoms with Gasteiger partial charge in [0.05, 0.1) is 22.7 Å². The monoisotopic (exact) mass is 327 g/mol. The quantitative estimate of drug-likeness (QED) is 0.621. The Kier molecular flexibility index (Phi) is 5.60. The average Bonchev–Trinajstić information content (AvgIpc) is 2.55. The van der Waals surface area contributed by atoms with Crippen LogP contribution in [-0.2, 0) is 6.42 Å². The minimum absolute atomic E-state index is 0.0381. The van der Waals surface area contributed by atoms with E-state index in [4.69, 9.17) is 17.3 Å². The number of carboxylic acids is 1. The summed E-state index contributed by atoms with van der Waals surface area (Å²) in [5.41, 5.74) is 2.21. The van der Waals surface area contributed by atoms with Crippen molar-refractivity contribution in [1.82, 2.24) is 0 Å². The number of rotatable bonds is 6. The van der Waals surface area contributed by atoms with E-state index < -0.39 is 5.97 Å². The third-order valence-electron chi connectivity index (χ3n) is 3.41. The number of benzene rings is 2. The Bertz CT molecular complexity index is 755. The van der Waals surface area contributed by atoms with Crippen LogP contribution in [0.1, 0.15) is 39.6 Å². The highest BCUT2D eigenvalue weighted by molar-refractivity contribution is 7.80. The van der Waals surface area contributed by atoms with Crippen molar-refractivity contribution in [2.75, 3.05) is 5.32 Å². The predicted molar refractivity (Wildman–Crippen MR) is 94.4 cm³/mol. The summed E-state index contributed by atoms with van der Waals surface area (Å²) in [5, 5.41) is 12.0. The molecule has 0 heterocycles. The van der Waals surface area contributed by atoms with E-state index in [9.17, 15) is 9.59 Å². The largest absolute Gasteiger partial charge is 0.478 e. The maximum Gasteiger partial charge on any atom is 0.337 e. The van der Waals surface area contributed by atoms with Gasteiger partial charge in [0.2, 0.25) is 0 Å². The predicted octanol–water partition coefficient (Wildman–Crippen LogP) is 3.96. The van der Waals surface area contributed by atoms with Crippen LogP contribution in [0, 0.1) is 0 Å². The molecule has 2 aromatic carbocycles. The Morgan fingerprint density at radius 3 is 2.57 bits per heavy atom. The number of carbonyl (C=O) groups is 2. The minimum atomic E-state index is -1.04. The topological polar surface area (TPSA) is 66.4 Å². The number of hydrogen-bond acceptors (Lipinski definition) is 3. The van der Waals surface area contributed by atoms with Gasteiger partial charge in [-0.05, 0) is 30.2 Å². The number of nitrogens with one attached hydrogen (secondary N) is 1. The van der Waals surface area contributed by atoms with Crippen molar-refractivity contribution >= 4 is 34.6 Å². The summed E-state index contributed by atoms with van der Waals surface area (Å²) < 4.78 is 0. The van der Waals surface area contributed by atoms with Gasteiger partial charge >= 0.3 is 5.97 Å². The van der Waals surface area contributed by atoms with Gasteiger partial charge in [0.25, 0.3) is 0 Å². The zero-order valence-corrected chi connectivity index (χ0v) is 13.5. The molecule has 0 saturated heterocycles. The second-order valence-electron chi connectivity index (χ2n) is 5.05. The fourth-order valence-electron chi connectivity index (χ4n) is 2.19. The van der Waals surface area contributed by atoms with Gasteiger partial charge in [-0.3, -0.25) is 4.79 Å². The first-order valence-corrected chi connectivity index (χ1v) is 7.66. The number of anilines is 1. The summed E-state index contributed by atoms with van der Waals surface area (Å²) in [6, 6.07) is 13.9. The number of Topliss-reactive ketones (excluding diaryl/α,β-unsaturated/α-hetero) is 1. The Balaban J connectivity index is 2.07. The van der Waals surface area contributed by atoms with E-state index in [2.05, 4.69) is 5.32 Å². The summed E-state index contributed by atoms with van der Waals surface area (Å²) in [5.74, 6) is -1.14. The second-order valence-corrected chi connectivity index (χ2v) is 5.55. The molecule has 0 aliphatic rings. The number of ketones is 1. The standard InChI is InChI=1S/C18H17NO3S/c1-2-12-6-5-7-13(10-12)16(20)11-17(23)19-15-9-4-3-8-14(15)18(21)22/h3-10H,2,11H2,1H3,(H,19,23)(H,21,22). The van der Waals surface area contributed by atoms with Crippen LogP contribution in [0.2, 0.25) is 0 Å². The molecule has 0 saturated carbocycles. The Hall–Kier alpha value is -2.53. The fourth-order valence-corrected chi connectivity index (χ4v) is 2.43. The summed E-state index contributed by atoms with van der Waals surface area (Å²) in [4.78, 5) is 23.8. The van der Waals surface area contributed by atoms with Gasteiger partial charge in [-0.25, -0.2) is 4.79 Å². The number of aromatic carboxylic acids is 1. The van der Waals surface area contributed by atoms with E-state index in [1.807, 2.05) is 25.1 Å². The SMILES string of the molecule is CCc1cccc(C(=O)CC(=S)Nc2ccccc2C(=O)O)c1. The first-order valence-electron chi connectivity index (χ1n) is 7.25. The summed E-state index contributed by atoms with van der Waals surface area (Å²) in [6.07, 6.45) is 0.895. The van der Waals surface area contributed by atoms with E-state index >= 15 is 0 Å². The van der Waals surface area contributed by atoms with Gasteiger partial charge in [-0.1, -0.05) is 49.5 Å². The number of carbonyl (C=O) groups excluding carboxylic acids is 1. The average molecular weight is 327 g/mol. The zero-order chi connectivity index (χ0) is 16.8. The molecule has 23 heavy (non-hydrogen) atoms. The highest BCUT2D eigenvalue weighted by Crippen LogP contribution is 2.16. The van der Waals surface area contributed by atoms with Crippen molar-refractivity contribution in [2.45, 2.75) is 19.8 Å². The first kappa shape index (κ1) is 16.8. The highest BCUT2D eigenvalue weighted by Gasteiger charge is 2.13. The van der Waals surface area contributed by atoms with Crippen molar-refractivity contribution in [2.24, 2.45) is 0 Å². The second kappa shape index (κ2) is 7.65. The molecule has 0 aliphatic heterocycles. The summed E-state index contributed by atoms with van der Waals surface area (Å²) in [7, 11) is 0. The molecule has 0 radical (unpaired) electrons. The molecule has 2 N–H and O–H groups in total. The van der Waals surface area contributed by atoms with Gasteiger partial charge in [0.1, 0.15) is 0 Å². The number of thiocarbonyl (C=S) groups is 1. The Labute approximate surface area is 140 Å². The molecule has 0 spiro atoms. The smallest absolute Gasteiger partial charge is 0.337 e. The maximum absolute atomic E-state index is 12.3.